The smallest absolute Gasteiger partial charge is 0.323 e. The van der Waals surface area contributed by atoms with Crippen LogP contribution in [0.5, 0.6) is 0 Å². The highest BCUT2D eigenvalue weighted by Crippen LogP contribution is 2.34. The summed E-state index contributed by atoms with van der Waals surface area (Å²) in [6.07, 6.45) is 0. The molecule has 0 fully saturated rings. The number of aliphatic carboxylic acids is 1. The number of likely N-dealkylation sites (N-methyl/N-ethyl adjacent to an activating group) is 1. The molecule has 0 saturated carbocycles. The van der Waals surface area contributed by atoms with Gasteiger partial charge in [-0.2, -0.15) is 0 Å². The quantitative estimate of drug-likeness (QED) is 0.791. The topological polar surface area (TPSA) is 66.3 Å². The van der Waals surface area contributed by atoms with Crippen LogP contribution in [0.25, 0.3) is 21.6 Å². The van der Waals surface area contributed by atoms with Crippen molar-refractivity contribution in [3.63, 3.8) is 0 Å². The van der Waals surface area contributed by atoms with E-state index < -0.39 is 5.97 Å². The molecule has 5 nitrogen and oxygen atoms in total. The van der Waals surface area contributed by atoms with E-state index in [9.17, 15) is 4.79 Å². The number of carboxylic acid groups (broad SMARTS) is 1. The van der Waals surface area contributed by atoms with Crippen molar-refractivity contribution in [3.8, 4) is 10.7 Å². The Morgan fingerprint density at radius 2 is 2.09 bits per heavy atom. The van der Waals surface area contributed by atoms with Gasteiger partial charge in [-0.3, -0.25) is 4.79 Å². The number of fused-ring (bicyclic) bond motifs is 1. The Morgan fingerprint density at radius 1 is 1.32 bits per heavy atom. The molecule has 2 aromatic heterocycles. The van der Waals surface area contributed by atoms with Crippen molar-refractivity contribution in [2.75, 3.05) is 18.5 Å². The third-order valence-corrected chi connectivity index (χ3v) is 4.47. The molecule has 0 spiro atoms. The summed E-state index contributed by atoms with van der Waals surface area (Å²) in [5, 5.41) is 12.3. The molecule has 2 heterocycles. The van der Waals surface area contributed by atoms with Gasteiger partial charge in [0.05, 0.1) is 15.4 Å². The third-order valence-electron chi connectivity index (χ3n) is 3.14. The number of halogens is 1. The molecule has 0 unspecified atom stereocenters. The fraction of sp³-hybridized carbons (Fsp3) is 0.133. The molecule has 0 radical (unpaired) electrons. The second kappa shape index (κ2) is 5.90. The maximum absolute atomic E-state index is 11.0. The molecule has 112 valence electrons. The number of rotatable bonds is 4. The summed E-state index contributed by atoms with van der Waals surface area (Å²) in [4.78, 5) is 22.4. The van der Waals surface area contributed by atoms with Crippen LogP contribution < -0.4 is 4.90 Å². The number of anilines is 1. The molecule has 3 rings (SSSR count). The van der Waals surface area contributed by atoms with E-state index in [1.54, 1.807) is 18.0 Å². The molecule has 0 aliphatic heterocycles. The predicted molar refractivity (Wildman–Crippen MR) is 88.8 cm³/mol. The second-order valence-electron chi connectivity index (χ2n) is 4.74. The average Bonchev–Trinajstić information content (AvgIpc) is 2.91. The predicted octanol–water partition coefficient (Wildman–Crippen LogP) is 3.53. The average molecular weight is 334 g/mol. The van der Waals surface area contributed by atoms with E-state index in [0.29, 0.717) is 16.7 Å². The van der Waals surface area contributed by atoms with Crippen LogP contribution in [0.15, 0.2) is 35.7 Å². The van der Waals surface area contributed by atoms with Crippen LogP contribution in [-0.2, 0) is 4.79 Å². The minimum absolute atomic E-state index is 0.140. The fourth-order valence-corrected chi connectivity index (χ4v) is 3.26. The molecule has 1 N–H and O–H groups in total. The molecule has 0 aliphatic rings. The first-order valence-electron chi connectivity index (χ1n) is 6.49. The highest BCUT2D eigenvalue weighted by atomic mass is 35.5. The molecular formula is C15H12ClN3O2S. The van der Waals surface area contributed by atoms with Crippen molar-refractivity contribution in [1.29, 1.82) is 0 Å². The molecule has 1 aromatic carbocycles. The zero-order valence-corrected chi connectivity index (χ0v) is 13.2. The molecule has 0 saturated heterocycles. The molecule has 22 heavy (non-hydrogen) atoms. The lowest BCUT2D eigenvalue weighted by molar-refractivity contribution is -0.135. The summed E-state index contributed by atoms with van der Waals surface area (Å²) < 4.78 is 0. The van der Waals surface area contributed by atoms with Crippen molar-refractivity contribution in [2.45, 2.75) is 0 Å². The number of hydrogen-bond acceptors (Lipinski definition) is 5. The minimum Gasteiger partial charge on any atom is -0.480 e. The molecule has 0 aliphatic carbocycles. The van der Waals surface area contributed by atoms with Gasteiger partial charge >= 0.3 is 5.97 Å². The number of nitrogens with zero attached hydrogens (tertiary/aromatic N) is 3. The summed E-state index contributed by atoms with van der Waals surface area (Å²) in [6, 6.07) is 9.31. The van der Waals surface area contributed by atoms with Gasteiger partial charge in [0, 0.05) is 12.4 Å². The van der Waals surface area contributed by atoms with E-state index in [1.165, 1.54) is 11.3 Å². The molecule has 0 bridgehead atoms. The van der Waals surface area contributed by atoms with Crippen LogP contribution in [0.3, 0.4) is 0 Å². The van der Waals surface area contributed by atoms with Gasteiger partial charge in [0.25, 0.3) is 0 Å². The number of carbonyl (C=O) groups is 1. The minimum atomic E-state index is -0.916. The first-order chi connectivity index (χ1) is 10.6. The standard InChI is InChI=1S/C15H12ClN3O2S/c1-19(8-12(20)21)15-9-4-2-3-5-11(9)17-14(18-15)13-10(16)6-7-22-13/h2-7H,8H2,1H3,(H,20,21). The van der Waals surface area contributed by atoms with Crippen molar-refractivity contribution in [2.24, 2.45) is 0 Å². The Bertz CT molecular complexity index is 850. The van der Waals surface area contributed by atoms with Gasteiger partial charge in [-0.15, -0.1) is 11.3 Å². The summed E-state index contributed by atoms with van der Waals surface area (Å²) in [5.74, 6) is 0.166. The van der Waals surface area contributed by atoms with Gasteiger partial charge in [0.15, 0.2) is 5.82 Å². The Kier molecular flexibility index (Phi) is 3.96. The first kappa shape index (κ1) is 14.7. The van der Waals surface area contributed by atoms with Crippen LogP contribution in [0, 0.1) is 0 Å². The lowest BCUT2D eigenvalue weighted by Gasteiger charge is -2.18. The Balaban J connectivity index is 2.20. The first-order valence-corrected chi connectivity index (χ1v) is 7.75. The van der Waals surface area contributed by atoms with E-state index in [-0.39, 0.29) is 6.54 Å². The van der Waals surface area contributed by atoms with Gasteiger partial charge < -0.3 is 10.0 Å². The zero-order valence-electron chi connectivity index (χ0n) is 11.7. The Labute approximate surface area is 135 Å². The van der Waals surface area contributed by atoms with Crippen LogP contribution >= 0.6 is 22.9 Å². The lowest BCUT2D eigenvalue weighted by atomic mass is 10.2. The third kappa shape index (κ3) is 2.75. The second-order valence-corrected chi connectivity index (χ2v) is 6.06. The van der Waals surface area contributed by atoms with Crippen LogP contribution in [0.4, 0.5) is 5.82 Å². The normalized spacial score (nSPS) is 10.8. The van der Waals surface area contributed by atoms with Gasteiger partial charge in [-0.25, -0.2) is 9.97 Å². The number of benzene rings is 1. The number of hydrogen-bond donors (Lipinski definition) is 1. The maximum Gasteiger partial charge on any atom is 0.323 e. The van der Waals surface area contributed by atoms with Crippen LogP contribution in [-0.4, -0.2) is 34.6 Å². The number of carboxylic acids is 1. The SMILES string of the molecule is CN(CC(=O)O)c1nc(-c2sccc2Cl)nc2ccccc12. The summed E-state index contributed by atoms with van der Waals surface area (Å²) in [5.41, 5.74) is 0.754. The highest BCUT2D eigenvalue weighted by Gasteiger charge is 2.16. The van der Waals surface area contributed by atoms with Gasteiger partial charge in [0.1, 0.15) is 12.4 Å². The van der Waals surface area contributed by atoms with E-state index >= 15 is 0 Å². The fourth-order valence-electron chi connectivity index (χ4n) is 2.18. The molecule has 0 amide bonds. The number of para-hydroxylation sites is 1. The molecular weight excluding hydrogens is 322 g/mol. The Hall–Kier alpha value is -2.18. The van der Waals surface area contributed by atoms with E-state index in [4.69, 9.17) is 16.7 Å². The summed E-state index contributed by atoms with van der Waals surface area (Å²) in [6.45, 7) is -0.140. The van der Waals surface area contributed by atoms with Crippen LogP contribution in [0.2, 0.25) is 5.02 Å². The molecule has 7 heteroatoms. The Morgan fingerprint density at radius 3 is 2.77 bits per heavy atom. The molecule has 0 atom stereocenters. The highest BCUT2D eigenvalue weighted by molar-refractivity contribution is 7.14. The van der Waals surface area contributed by atoms with Crippen LogP contribution in [0.1, 0.15) is 0 Å². The number of thiophene rings is 1. The van der Waals surface area contributed by atoms with Crippen molar-refractivity contribution < 1.29 is 9.90 Å². The summed E-state index contributed by atoms with van der Waals surface area (Å²) in [7, 11) is 1.70. The van der Waals surface area contributed by atoms with Gasteiger partial charge in [0.2, 0.25) is 0 Å². The monoisotopic (exact) mass is 333 g/mol. The van der Waals surface area contributed by atoms with Crippen molar-refractivity contribution in [3.05, 3.63) is 40.7 Å². The van der Waals surface area contributed by atoms with E-state index in [2.05, 4.69) is 9.97 Å². The van der Waals surface area contributed by atoms with Gasteiger partial charge in [-0.05, 0) is 23.6 Å². The van der Waals surface area contributed by atoms with Gasteiger partial charge in [-0.1, -0.05) is 23.7 Å². The van der Waals surface area contributed by atoms with Crippen molar-refractivity contribution in [1.82, 2.24) is 9.97 Å². The van der Waals surface area contributed by atoms with E-state index in [1.807, 2.05) is 29.6 Å². The largest absolute Gasteiger partial charge is 0.480 e. The summed E-state index contributed by atoms with van der Waals surface area (Å²) >= 11 is 7.62. The molecule has 3 aromatic rings. The van der Waals surface area contributed by atoms with Crippen molar-refractivity contribution >= 4 is 45.6 Å². The lowest BCUT2D eigenvalue weighted by Crippen LogP contribution is -2.26. The number of aromatic nitrogens is 2. The zero-order chi connectivity index (χ0) is 15.7. The van der Waals surface area contributed by atoms with E-state index in [0.717, 1.165) is 15.8 Å². The maximum atomic E-state index is 11.0.